The number of carbonyl (C=O) groups is 2. The van der Waals surface area contributed by atoms with Crippen LogP contribution in [-0.2, 0) is 4.74 Å². The summed E-state index contributed by atoms with van der Waals surface area (Å²) in [5, 5.41) is 8.98. The summed E-state index contributed by atoms with van der Waals surface area (Å²) in [5.74, 6) is -0.00983. The van der Waals surface area contributed by atoms with Gasteiger partial charge in [0.05, 0.1) is 7.11 Å². The normalized spacial score (nSPS) is 17.9. The van der Waals surface area contributed by atoms with Gasteiger partial charge in [0.2, 0.25) is 0 Å². The number of aromatic nitrogens is 1. The van der Waals surface area contributed by atoms with E-state index in [1.807, 2.05) is 12.1 Å². The standard InChI is InChI=1S/C16H18N2O4/c1-22-15(19)14-13(11-2-3-11)8-12(9-17-14)10-4-6-18(7-5-10)16(20)21/h4,8-9,11H,2-3,5-7H2,1H3,(H,20,21). The number of nitrogens with zero attached hydrogens (tertiary/aromatic N) is 2. The van der Waals surface area contributed by atoms with Gasteiger partial charge in [-0.1, -0.05) is 6.08 Å². The smallest absolute Gasteiger partial charge is 0.407 e. The number of hydrogen-bond donors (Lipinski definition) is 1. The minimum absolute atomic E-state index is 0.390. The van der Waals surface area contributed by atoms with Gasteiger partial charge in [0, 0.05) is 19.3 Å². The Morgan fingerprint density at radius 2 is 2.18 bits per heavy atom. The number of amides is 1. The Labute approximate surface area is 128 Å². The van der Waals surface area contributed by atoms with Crippen molar-refractivity contribution in [1.82, 2.24) is 9.88 Å². The average molecular weight is 302 g/mol. The molecule has 0 radical (unpaired) electrons. The van der Waals surface area contributed by atoms with Crippen molar-refractivity contribution in [3.05, 3.63) is 35.2 Å². The summed E-state index contributed by atoms with van der Waals surface area (Å²) in [5.41, 5.74) is 3.41. The van der Waals surface area contributed by atoms with Gasteiger partial charge < -0.3 is 14.7 Å². The molecule has 0 bridgehead atoms. The second-order valence-electron chi connectivity index (χ2n) is 5.64. The van der Waals surface area contributed by atoms with Crippen LogP contribution in [0.2, 0.25) is 0 Å². The second-order valence-corrected chi connectivity index (χ2v) is 5.64. The molecule has 1 aliphatic carbocycles. The molecule has 1 aromatic rings. The highest BCUT2D eigenvalue weighted by atomic mass is 16.5. The summed E-state index contributed by atoms with van der Waals surface area (Å²) in [7, 11) is 1.36. The Hall–Kier alpha value is -2.37. The van der Waals surface area contributed by atoms with Crippen molar-refractivity contribution in [1.29, 1.82) is 0 Å². The molecule has 1 aromatic heterocycles. The predicted molar refractivity (Wildman–Crippen MR) is 79.7 cm³/mol. The van der Waals surface area contributed by atoms with E-state index in [2.05, 4.69) is 4.98 Å². The number of methoxy groups -OCH3 is 1. The molecule has 6 nitrogen and oxygen atoms in total. The lowest BCUT2D eigenvalue weighted by Crippen LogP contribution is -2.33. The van der Waals surface area contributed by atoms with Crippen LogP contribution in [0.5, 0.6) is 0 Å². The second kappa shape index (κ2) is 5.79. The zero-order valence-corrected chi connectivity index (χ0v) is 12.4. The molecule has 0 aromatic carbocycles. The third-order valence-electron chi connectivity index (χ3n) is 4.16. The molecular weight excluding hydrogens is 284 g/mol. The number of carbonyl (C=O) groups excluding carboxylic acids is 1. The minimum Gasteiger partial charge on any atom is -0.465 e. The topological polar surface area (TPSA) is 79.7 Å². The zero-order valence-electron chi connectivity index (χ0n) is 12.4. The summed E-state index contributed by atoms with van der Waals surface area (Å²) in [6, 6.07) is 2.01. The molecular formula is C16H18N2O4. The number of rotatable bonds is 3. The van der Waals surface area contributed by atoms with Gasteiger partial charge in [0.1, 0.15) is 0 Å². The summed E-state index contributed by atoms with van der Waals surface area (Å²) < 4.78 is 4.79. The van der Waals surface area contributed by atoms with Crippen LogP contribution < -0.4 is 0 Å². The van der Waals surface area contributed by atoms with Gasteiger partial charge >= 0.3 is 12.1 Å². The fourth-order valence-corrected chi connectivity index (χ4v) is 2.74. The van der Waals surface area contributed by atoms with Crippen LogP contribution in [0.1, 0.15) is 46.8 Å². The molecule has 1 saturated carbocycles. The van der Waals surface area contributed by atoms with Gasteiger partial charge in [-0.15, -0.1) is 0 Å². The highest BCUT2D eigenvalue weighted by Crippen LogP contribution is 2.42. The molecule has 0 spiro atoms. The molecule has 6 heteroatoms. The third kappa shape index (κ3) is 2.81. The van der Waals surface area contributed by atoms with Crippen molar-refractivity contribution >= 4 is 17.6 Å². The van der Waals surface area contributed by atoms with Crippen molar-refractivity contribution in [2.45, 2.75) is 25.2 Å². The highest BCUT2D eigenvalue weighted by molar-refractivity contribution is 5.89. The van der Waals surface area contributed by atoms with Gasteiger partial charge in [-0.25, -0.2) is 14.6 Å². The fourth-order valence-electron chi connectivity index (χ4n) is 2.74. The van der Waals surface area contributed by atoms with Crippen LogP contribution in [-0.4, -0.2) is 47.3 Å². The first kappa shape index (κ1) is 14.6. The summed E-state index contributed by atoms with van der Waals surface area (Å²) >= 11 is 0. The van der Waals surface area contributed by atoms with E-state index in [1.54, 1.807) is 6.20 Å². The van der Waals surface area contributed by atoms with E-state index in [1.165, 1.54) is 12.0 Å². The van der Waals surface area contributed by atoms with Gasteiger partial charge in [0.25, 0.3) is 0 Å². The van der Waals surface area contributed by atoms with Crippen molar-refractivity contribution in [2.24, 2.45) is 0 Å². The van der Waals surface area contributed by atoms with Gasteiger partial charge in [0.15, 0.2) is 5.69 Å². The van der Waals surface area contributed by atoms with E-state index < -0.39 is 12.1 Å². The molecule has 2 heterocycles. The van der Waals surface area contributed by atoms with Crippen molar-refractivity contribution in [2.75, 3.05) is 20.2 Å². The van der Waals surface area contributed by atoms with Gasteiger partial charge in [-0.2, -0.15) is 0 Å². The highest BCUT2D eigenvalue weighted by Gasteiger charge is 2.30. The molecule has 0 atom stereocenters. The molecule has 0 saturated heterocycles. The van der Waals surface area contributed by atoms with E-state index in [-0.39, 0.29) is 0 Å². The Morgan fingerprint density at radius 1 is 1.41 bits per heavy atom. The largest absolute Gasteiger partial charge is 0.465 e. The number of esters is 1. The summed E-state index contributed by atoms with van der Waals surface area (Å²) in [4.78, 5) is 28.4. The van der Waals surface area contributed by atoms with Gasteiger partial charge in [-0.3, -0.25) is 0 Å². The summed E-state index contributed by atoms with van der Waals surface area (Å²) in [6.45, 7) is 0.876. The molecule has 1 amide bonds. The predicted octanol–water partition coefficient (Wildman–Crippen LogP) is 2.51. The maximum absolute atomic E-state index is 11.8. The monoisotopic (exact) mass is 302 g/mol. The third-order valence-corrected chi connectivity index (χ3v) is 4.16. The van der Waals surface area contributed by atoms with E-state index in [9.17, 15) is 9.59 Å². The molecule has 1 aliphatic heterocycles. The molecule has 22 heavy (non-hydrogen) atoms. The van der Waals surface area contributed by atoms with Gasteiger partial charge in [-0.05, 0) is 47.9 Å². The maximum atomic E-state index is 11.8. The van der Waals surface area contributed by atoms with Crippen LogP contribution in [0.15, 0.2) is 18.3 Å². The van der Waals surface area contributed by atoms with Crippen molar-refractivity contribution in [3.63, 3.8) is 0 Å². The van der Waals surface area contributed by atoms with Crippen molar-refractivity contribution in [3.8, 4) is 0 Å². The Bertz CT molecular complexity index is 650. The number of ether oxygens (including phenoxy) is 1. The van der Waals surface area contributed by atoms with Crippen molar-refractivity contribution < 1.29 is 19.4 Å². The number of carboxylic acid groups (broad SMARTS) is 1. The van der Waals surface area contributed by atoms with E-state index >= 15 is 0 Å². The molecule has 1 fully saturated rings. The Balaban J connectivity index is 1.88. The van der Waals surface area contributed by atoms with E-state index in [4.69, 9.17) is 9.84 Å². The van der Waals surface area contributed by atoms with Crippen LogP contribution in [0.25, 0.3) is 5.57 Å². The molecule has 0 unspecified atom stereocenters. The summed E-state index contributed by atoms with van der Waals surface area (Å²) in [6.07, 6.45) is 5.51. The first-order chi connectivity index (χ1) is 10.6. The Kier molecular flexibility index (Phi) is 3.83. The lowest BCUT2D eigenvalue weighted by Gasteiger charge is -2.24. The lowest BCUT2D eigenvalue weighted by atomic mass is 9.97. The fraction of sp³-hybridized carbons (Fsp3) is 0.438. The minimum atomic E-state index is -0.895. The van der Waals surface area contributed by atoms with Crippen LogP contribution in [0.4, 0.5) is 4.79 Å². The molecule has 1 N–H and O–H groups in total. The lowest BCUT2D eigenvalue weighted by molar-refractivity contribution is 0.0592. The van der Waals surface area contributed by atoms with Crippen LogP contribution in [0, 0.1) is 0 Å². The van der Waals surface area contributed by atoms with E-state index in [0.29, 0.717) is 31.1 Å². The number of hydrogen-bond acceptors (Lipinski definition) is 4. The van der Waals surface area contributed by atoms with Crippen LogP contribution >= 0.6 is 0 Å². The molecule has 2 aliphatic rings. The first-order valence-corrected chi connectivity index (χ1v) is 7.35. The quantitative estimate of drug-likeness (QED) is 0.868. The van der Waals surface area contributed by atoms with Crippen LogP contribution in [0.3, 0.4) is 0 Å². The van der Waals surface area contributed by atoms with E-state index in [0.717, 1.165) is 29.5 Å². The molecule has 116 valence electrons. The SMILES string of the molecule is COC(=O)c1ncc(C2=CCN(C(=O)O)CC2)cc1C1CC1. The average Bonchev–Trinajstić information content (AvgIpc) is 3.38. The maximum Gasteiger partial charge on any atom is 0.407 e. The number of pyridine rings is 1. The molecule has 3 rings (SSSR count). The Morgan fingerprint density at radius 3 is 2.73 bits per heavy atom. The zero-order chi connectivity index (χ0) is 15.7. The first-order valence-electron chi connectivity index (χ1n) is 7.35.